The summed E-state index contributed by atoms with van der Waals surface area (Å²) in [5.41, 5.74) is 3.97. The molecule has 0 atom stereocenters. The minimum Gasteiger partial charge on any atom is -0.483 e. The molecule has 0 bridgehead atoms. The molecule has 1 fully saturated rings. The predicted octanol–water partition coefficient (Wildman–Crippen LogP) is 6.86. The van der Waals surface area contributed by atoms with Crippen LogP contribution in [0.25, 0.3) is 6.08 Å². The summed E-state index contributed by atoms with van der Waals surface area (Å²) in [4.78, 5) is 39.4. The summed E-state index contributed by atoms with van der Waals surface area (Å²) in [6.07, 6.45) is 1.59. The van der Waals surface area contributed by atoms with Crippen molar-refractivity contribution >= 4 is 63.8 Å². The van der Waals surface area contributed by atoms with E-state index >= 15 is 0 Å². The van der Waals surface area contributed by atoms with Crippen LogP contribution in [-0.2, 0) is 16.1 Å². The van der Waals surface area contributed by atoms with E-state index in [2.05, 4.69) is 5.32 Å². The van der Waals surface area contributed by atoms with E-state index in [1.54, 1.807) is 48.5 Å². The Hall–Kier alpha value is -3.26. The number of carbonyl (C=O) groups is 3. The minimum absolute atomic E-state index is 0.0365. The Labute approximate surface area is 223 Å². The summed E-state index contributed by atoms with van der Waals surface area (Å²) in [5.74, 6) is -0.323. The lowest BCUT2D eigenvalue weighted by Gasteiger charge is -2.14. The topological polar surface area (TPSA) is 75.7 Å². The van der Waals surface area contributed by atoms with Crippen LogP contribution in [0.5, 0.6) is 5.75 Å². The third-order valence-corrected chi connectivity index (χ3v) is 6.93. The highest BCUT2D eigenvalue weighted by Crippen LogP contribution is 2.36. The number of nitrogens with one attached hydrogen (secondary N) is 1. The molecule has 0 aliphatic carbocycles. The van der Waals surface area contributed by atoms with Gasteiger partial charge in [0.05, 0.1) is 11.4 Å². The lowest BCUT2D eigenvalue weighted by molar-refractivity contribution is -0.123. The van der Waals surface area contributed by atoms with Gasteiger partial charge in [0.15, 0.2) is 6.61 Å². The molecule has 3 aromatic carbocycles. The van der Waals surface area contributed by atoms with Gasteiger partial charge in [-0.3, -0.25) is 19.3 Å². The molecular formula is C27H22Cl2N2O4S. The van der Waals surface area contributed by atoms with Gasteiger partial charge < -0.3 is 10.1 Å². The van der Waals surface area contributed by atoms with Crippen LogP contribution in [-0.4, -0.2) is 28.6 Å². The van der Waals surface area contributed by atoms with Crippen LogP contribution >= 0.6 is 35.0 Å². The van der Waals surface area contributed by atoms with E-state index in [9.17, 15) is 14.4 Å². The molecule has 1 N–H and O–H groups in total. The maximum absolute atomic E-state index is 13.0. The summed E-state index contributed by atoms with van der Waals surface area (Å²) >= 11 is 13.0. The van der Waals surface area contributed by atoms with Crippen molar-refractivity contribution < 1.29 is 19.1 Å². The highest BCUT2D eigenvalue weighted by atomic mass is 35.5. The molecule has 0 saturated carbocycles. The number of anilines is 1. The highest BCUT2D eigenvalue weighted by Gasteiger charge is 2.35. The molecule has 0 unspecified atom stereocenters. The third kappa shape index (κ3) is 6.10. The Morgan fingerprint density at radius 1 is 1.06 bits per heavy atom. The number of aryl methyl sites for hydroxylation is 2. The molecular weight excluding hydrogens is 519 g/mol. The molecule has 4 rings (SSSR count). The Morgan fingerprint density at radius 2 is 1.83 bits per heavy atom. The number of nitrogens with zero attached hydrogens (tertiary/aromatic N) is 1. The largest absolute Gasteiger partial charge is 0.483 e. The number of hydrogen-bond acceptors (Lipinski definition) is 5. The van der Waals surface area contributed by atoms with Gasteiger partial charge >= 0.3 is 0 Å². The number of halogens is 2. The number of amides is 3. The van der Waals surface area contributed by atoms with Crippen LogP contribution in [0.4, 0.5) is 10.5 Å². The van der Waals surface area contributed by atoms with Gasteiger partial charge in [-0.25, -0.2) is 0 Å². The van der Waals surface area contributed by atoms with Crippen molar-refractivity contribution in [3.05, 3.63) is 97.9 Å². The highest BCUT2D eigenvalue weighted by molar-refractivity contribution is 8.18. The van der Waals surface area contributed by atoms with Gasteiger partial charge in [0.25, 0.3) is 17.1 Å². The first-order valence-corrected chi connectivity index (χ1v) is 12.6. The predicted molar refractivity (Wildman–Crippen MR) is 144 cm³/mol. The molecule has 3 amide bonds. The van der Waals surface area contributed by atoms with Crippen LogP contribution in [0.3, 0.4) is 0 Å². The molecule has 3 aromatic rings. The molecule has 1 heterocycles. The normalized spacial score (nSPS) is 14.4. The molecule has 1 aliphatic rings. The van der Waals surface area contributed by atoms with Crippen molar-refractivity contribution in [2.75, 3.05) is 11.9 Å². The fraction of sp³-hybridized carbons (Fsp3) is 0.148. The van der Waals surface area contributed by atoms with Gasteiger partial charge in [-0.05, 0) is 67.1 Å². The zero-order valence-corrected chi connectivity index (χ0v) is 21.8. The number of rotatable bonds is 7. The van der Waals surface area contributed by atoms with Crippen LogP contribution < -0.4 is 10.1 Å². The second-order valence-corrected chi connectivity index (χ2v) is 10.0. The first kappa shape index (κ1) is 25.8. The second-order valence-electron chi connectivity index (χ2n) is 8.20. The fourth-order valence-electron chi connectivity index (χ4n) is 3.61. The third-order valence-electron chi connectivity index (χ3n) is 5.44. The Kier molecular flexibility index (Phi) is 8.04. The van der Waals surface area contributed by atoms with E-state index in [0.29, 0.717) is 26.9 Å². The van der Waals surface area contributed by atoms with Crippen molar-refractivity contribution in [3.8, 4) is 5.75 Å². The van der Waals surface area contributed by atoms with E-state index in [4.69, 9.17) is 27.9 Å². The Balaban J connectivity index is 1.45. The van der Waals surface area contributed by atoms with Gasteiger partial charge in [-0.15, -0.1) is 0 Å². The molecule has 0 aromatic heterocycles. The molecule has 184 valence electrons. The van der Waals surface area contributed by atoms with Crippen LogP contribution in [0, 0.1) is 13.8 Å². The Morgan fingerprint density at radius 3 is 2.58 bits per heavy atom. The monoisotopic (exact) mass is 540 g/mol. The molecule has 0 radical (unpaired) electrons. The average molecular weight is 541 g/mol. The number of thioether (sulfide) groups is 1. The molecule has 36 heavy (non-hydrogen) atoms. The van der Waals surface area contributed by atoms with Crippen molar-refractivity contribution in [1.82, 2.24) is 4.90 Å². The van der Waals surface area contributed by atoms with Crippen LogP contribution in [0.1, 0.15) is 22.3 Å². The number of carbonyl (C=O) groups excluding carboxylic acids is 3. The van der Waals surface area contributed by atoms with Crippen LogP contribution in [0.15, 0.2) is 65.6 Å². The van der Waals surface area contributed by atoms with Crippen molar-refractivity contribution in [1.29, 1.82) is 0 Å². The number of para-hydroxylation sites is 1. The number of ether oxygens (including phenoxy) is 1. The molecule has 1 saturated heterocycles. The lowest BCUT2D eigenvalue weighted by Crippen LogP contribution is -2.27. The van der Waals surface area contributed by atoms with Crippen LogP contribution in [0.2, 0.25) is 10.0 Å². The maximum atomic E-state index is 13.0. The smallest absolute Gasteiger partial charge is 0.293 e. The van der Waals surface area contributed by atoms with Crippen molar-refractivity contribution in [2.45, 2.75) is 20.4 Å². The SMILES string of the molecule is Cc1ccc(NC(=O)COc2ccccc2/C=C2\SC(=O)N(Cc3ccc(Cl)cc3Cl)C2=O)c(C)c1. The minimum atomic E-state index is -0.432. The molecule has 0 spiro atoms. The van der Waals surface area contributed by atoms with Gasteiger partial charge in [0.1, 0.15) is 5.75 Å². The van der Waals surface area contributed by atoms with E-state index in [0.717, 1.165) is 33.5 Å². The summed E-state index contributed by atoms with van der Waals surface area (Å²) in [5, 5.41) is 3.29. The Bertz CT molecular complexity index is 1390. The number of benzene rings is 3. The number of hydrogen-bond donors (Lipinski definition) is 1. The maximum Gasteiger partial charge on any atom is 0.293 e. The standard InChI is InChI=1S/C27H22Cl2N2O4S/c1-16-7-10-22(17(2)11-16)30-25(32)15-35-23-6-4-3-5-18(23)12-24-26(33)31(27(34)36-24)14-19-8-9-20(28)13-21(19)29/h3-13H,14-15H2,1-2H3,(H,30,32)/b24-12-. The van der Waals surface area contributed by atoms with Gasteiger partial charge in [0.2, 0.25) is 0 Å². The summed E-state index contributed by atoms with van der Waals surface area (Å²) in [7, 11) is 0. The molecule has 1 aliphatic heterocycles. The quantitative estimate of drug-likeness (QED) is 0.331. The zero-order valence-electron chi connectivity index (χ0n) is 19.5. The lowest BCUT2D eigenvalue weighted by atomic mass is 10.1. The van der Waals surface area contributed by atoms with E-state index in [1.165, 1.54) is 0 Å². The summed E-state index contributed by atoms with van der Waals surface area (Å²) in [6.45, 7) is 3.73. The fourth-order valence-corrected chi connectivity index (χ4v) is 4.91. The van der Waals surface area contributed by atoms with Crippen molar-refractivity contribution in [3.63, 3.8) is 0 Å². The number of imide groups is 1. The zero-order chi connectivity index (χ0) is 25.8. The first-order chi connectivity index (χ1) is 17.2. The van der Waals surface area contributed by atoms with Gasteiger partial charge in [-0.2, -0.15) is 0 Å². The van der Waals surface area contributed by atoms with Gasteiger partial charge in [0, 0.05) is 21.3 Å². The summed E-state index contributed by atoms with van der Waals surface area (Å²) in [6, 6.07) is 17.7. The van der Waals surface area contributed by atoms with E-state index in [1.807, 2.05) is 32.0 Å². The molecule has 6 nitrogen and oxygen atoms in total. The second kappa shape index (κ2) is 11.2. The van der Waals surface area contributed by atoms with Gasteiger partial charge in [-0.1, -0.05) is 65.2 Å². The van der Waals surface area contributed by atoms with E-state index < -0.39 is 11.1 Å². The van der Waals surface area contributed by atoms with E-state index in [-0.39, 0.29) is 24.0 Å². The molecule has 9 heteroatoms. The summed E-state index contributed by atoms with van der Waals surface area (Å²) < 4.78 is 5.75. The average Bonchev–Trinajstić information content (AvgIpc) is 3.09. The first-order valence-electron chi connectivity index (χ1n) is 11.0. The van der Waals surface area contributed by atoms with Crippen molar-refractivity contribution in [2.24, 2.45) is 0 Å².